The Hall–Kier alpha value is -3.99. The molecule has 0 saturated carbocycles. The van der Waals surface area contributed by atoms with Crippen molar-refractivity contribution in [1.29, 1.82) is 0 Å². The maximum atomic E-state index is 12.8. The topological polar surface area (TPSA) is 103 Å². The van der Waals surface area contributed by atoms with E-state index in [-0.39, 0.29) is 17.5 Å². The van der Waals surface area contributed by atoms with E-state index in [1.165, 1.54) is 0 Å². The first kappa shape index (κ1) is 21.2. The molecule has 0 bridgehead atoms. The number of alkyl halides is 3. The molecule has 32 heavy (non-hydrogen) atoms. The minimum absolute atomic E-state index is 0.252. The Kier molecular flexibility index (Phi) is 5.49. The van der Waals surface area contributed by atoms with E-state index in [0.717, 1.165) is 11.7 Å². The first-order valence-corrected chi connectivity index (χ1v) is 9.26. The molecule has 0 atom stereocenters. The molecule has 0 fully saturated rings. The summed E-state index contributed by atoms with van der Waals surface area (Å²) in [6, 6.07) is 13.1. The summed E-state index contributed by atoms with van der Waals surface area (Å²) in [5.41, 5.74) is -1.71. The second-order valence-electron chi connectivity index (χ2n) is 6.39. The van der Waals surface area contributed by atoms with Gasteiger partial charge in [0.05, 0.1) is 15.5 Å². The van der Waals surface area contributed by atoms with Crippen molar-refractivity contribution in [2.45, 2.75) is 6.18 Å². The van der Waals surface area contributed by atoms with Gasteiger partial charge in [-0.05, 0) is 17.5 Å². The fourth-order valence-electron chi connectivity index (χ4n) is 2.88. The summed E-state index contributed by atoms with van der Waals surface area (Å²) >= 11 is 5.88. The van der Waals surface area contributed by atoms with Gasteiger partial charge in [-0.3, -0.25) is 10.1 Å². The number of hydrogen-bond acceptors (Lipinski definition) is 7. The van der Waals surface area contributed by atoms with Gasteiger partial charge >= 0.3 is 17.7 Å². The van der Waals surface area contributed by atoms with E-state index < -0.39 is 27.4 Å². The number of nitro groups is 1. The van der Waals surface area contributed by atoms with Gasteiger partial charge in [0.25, 0.3) is 0 Å². The normalized spacial score (nSPS) is 11.4. The van der Waals surface area contributed by atoms with Crippen LogP contribution in [0.15, 0.2) is 61.1 Å². The molecule has 12 heteroatoms. The van der Waals surface area contributed by atoms with Gasteiger partial charge in [-0.2, -0.15) is 18.2 Å². The second-order valence-corrected chi connectivity index (χ2v) is 6.80. The molecule has 8 nitrogen and oxygen atoms in total. The lowest BCUT2D eigenvalue weighted by atomic mass is 10.1. The molecule has 0 spiro atoms. The Morgan fingerprint density at radius 1 is 1.03 bits per heavy atom. The fourth-order valence-corrected chi connectivity index (χ4v) is 3.09. The van der Waals surface area contributed by atoms with E-state index in [0.29, 0.717) is 23.4 Å². The summed E-state index contributed by atoms with van der Waals surface area (Å²) in [5, 5.41) is 15.4. The van der Waals surface area contributed by atoms with Crippen LogP contribution in [0.1, 0.15) is 5.56 Å². The number of pyridine rings is 1. The van der Waals surface area contributed by atoms with E-state index in [1.807, 2.05) is 18.2 Å². The largest absolute Gasteiger partial charge is 0.433 e. The lowest BCUT2D eigenvalue weighted by molar-refractivity contribution is -0.385. The number of nitrogens with zero attached hydrogens (tertiary/aromatic N) is 4. The number of anilines is 2. The molecule has 1 N–H and O–H groups in total. The van der Waals surface area contributed by atoms with Crippen LogP contribution in [-0.2, 0) is 6.18 Å². The van der Waals surface area contributed by atoms with Crippen molar-refractivity contribution < 1.29 is 22.8 Å². The van der Waals surface area contributed by atoms with Gasteiger partial charge in [0.2, 0.25) is 5.82 Å². The molecule has 0 aliphatic carbocycles. The Bertz CT molecular complexity index is 1330. The average molecular weight is 462 g/mol. The number of rotatable bonds is 5. The minimum Gasteiger partial charge on any atom is -0.433 e. The lowest BCUT2D eigenvalue weighted by Crippen LogP contribution is -2.08. The van der Waals surface area contributed by atoms with Crippen molar-refractivity contribution in [3.05, 3.63) is 81.8 Å². The van der Waals surface area contributed by atoms with Crippen molar-refractivity contribution in [3.63, 3.8) is 0 Å². The average Bonchev–Trinajstić information content (AvgIpc) is 2.74. The third-order valence-electron chi connectivity index (χ3n) is 4.33. The molecule has 2 heterocycles. The summed E-state index contributed by atoms with van der Waals surface area (Å²) in [4.78, 5) is 22.3. The molecule has 2 aromatic heterocycles. The van der Waals surface area contributed by atoms with Crippen LogP contribution in [-0.4, -0.2) is 19.9 Å². The molecule has 2 aromatic carbocycles. The summed E-state index contributed by atoms with van der Waals surface area (Å²) in [7, 11) is 0. The van der Waals surface area contributed by atoms with E-state index in [4.69, 9.17) is 16.3 Å². The monoisotopic (exact) mass is 461 g/mol. The molecular weight excluding hydrogens is 451 g/mol. The van der Waals surface area contributed by atoms with Crippen molar-refractivity contribution >= 4 is 39.7 Å². The number of nitrogens with one attached hydrogen (secondary N) is 1. The Balaban J connectivity index is 1.72. The predicted octanol–water partition coefficient (Wildman–Crippen LogP) is 6.14. The smallest absolute Gasteiger partial charge is 0.417 e. The van der Waals surface area contributed by atoms with Gasteiger partial charge in [0.1, 0.15) is 12.1 Å². The van der Waals surface area contributed by atoms with Crippen LogP contribution in [0.25, 0.3) is 10.8 Å². The third kappa shape index (κ3) is 4.23. The zero-order valence-electron chi connectivity index (χ0n) is 15.8. The van der Waals surface area contributed by atoms with Crippen LogP contribution in [0.5, 0.6) is 11.6 Å². The quantitative estimate of drug-likeness (QED) is 0.281. The van der Waals surface area contributed by atoms with Crippen LogP contribution in [0.3, 0.4) is 0 Å². The number of hydrogen-bond donors (Lipinski definition) is 1. The summed E-state index contributed by atoms with van der Waals surface area (Å²) < 4.78 is 44.2. The van der Waals surface area contributed by atoms with Crippen LogP contribution in [0, 0.1) is 10.1 Å². The molecular formula is C20H11ClF3N5O3. The molecule has 162 valence electrons. The van der Waals surface area contributed by atoms with Crippen molar-refractivity contribution in [3.8, 4) is 11.6 Å². The molecule has 0 aliphatic heterocycles. The molecule has 0 radical (unpaired) electrons. The highest BCUT2D eigenvalue weighted by molar-refractivity contribution is 6.33. The number of fused-ring (bicyclic) bond motifs is 1. The lowest BCUT2D eigenvalue weighted by Gasteiger charge is -2.12. The Morgan fingerprint density at radius 3 is 2.50 bits per heavy atom. The first-order chi connectivity index (χ1) is 15.2. The van der Waals surface area contributed by atoms with Crippen LogP contribution in [0.4, 0.5) is 30.5 Å². The molecule has 4 aromatic rings. The maximum Gasteiger partial charge on any atom is 0.417 e. The van der Waals surface area contributed by atoms with Gasteiger partial charge in [0, 0.05) is 11.6 Å². The van der Waals surface area contributed by atoms with E-state index in [2.05, 4.69) is 20.3 Å². The number of aromatic nitrogens is 3. The molecule has 4 rings (SSSR count). The summed E-state index contributed by atoms with van der Waals surface area (Å²) in [6.07, 6.45) is -3.09. The summed E-state index contributed by atoms with van der Waals surface area (Å²) in [6.45, 7) is 0. The van der Waals surface area contributed by atoms with Gasteiger partial charge in [-0.15, -0.1) is 0 Å². The molecule has 0 unspecified atom stereocenters. The number of halogens is 4. The van der Waals surface area contributed by atoms with Gasteiger partial charge in [-0.1, -0.05) is 48.0 Å². The van der Waals surface area contributed by atoms with Crippen molar-refractivity contribution in [1.82, 2.24) is 15.0 Å². The van der Waals surface area contributed by atoms with Crippen LogP contribution < -0.4 is 10.1 Å². The number of benzene rings is 2. The highest BCUT2D eigenvalue weighted by Gasteiger charge is 2.32. The van der Waals surface area contributed by atoms with E-state index >= 15 is 0 Å². The fraction of sp³-hybridized carbons (Fsp3) is 0.0500. The van der Waals surface area contributed by atoms with E-state index in [9.17, 15) is 23.3 Å². The standard InChI is InChI=1S/C20H11ClF3N5O3/c21-14-8-12(20(22,23)24)9-25-17(14)28-18-16(29(30)31)19(27-10-26-18)32-15-7-3-5-11-4-1-2-6-13(11)15/h1-10H,(H,25,26,27,28). The van der Waals surface area contributed by atoms with Crippen LogP contribution >= 0.6 is 11.6 Å². The maximum absolute atomic E-state index is 12.8. The highest BCUT2D eigenvalue weighted by atomic mass is 35.5. The molecule has 0 saturated heterocycles. The second kappa shape index (κ2) is 8.27. The minimum atomic E-state index is -4.64. The highest BCUT2D eigenvalue weighted by Crippen LogP contribution is 2.39. The van der Waals surface area contributed by atoms with Gasteiger partial charge in [-0.25, -0.2) is 9.97 Å². The third-order valence-corrected chi connectivity index (χ3v) is 4.62. The Labute approximate surface area is 182 Å². The van der Waals surface area contributed by atoms with E-state index in [1.54, 1.807) is 24.3 Å². The van der Waals surface area contributed by atoms with Crippen molar-refractivity contribution in [2.24, 2.45) is 0 Å². The zero-order chi connectivity index (χ0) is 22.9. The SMILES string of the molecule is O=[N+]([O-])c1c(Nc2ncc(C(F)(F)F)cc2Cl)ncnc1Oc1cccc2ccccc12. The molecule has 0 amide bonds. The summed E-state index contributed by atoms with van der Waals surface area (Å²) in [5.74, 6) is -0.652. The van der Waals surface area contributed by atoms with Gasteiger partial charge in [0.15, 0.2) is 5.82 Å². The van der Waals surface area contributed by atoms with Crippen LogP contribution in [0.2, 0.25) is 5.02 Å². The predicted molar refractivity (Wildman–Crippen MR) is 110 cm³/mol. The first-order valence-electron chi connectivity index (χ1n) is 8.89. The zero-order valence-corrected chi connectivity index (χ0v) is 16.6. The van der Waals surface area contributed by atoms with Gasteiger partial charge < -0.3 is 10.1 Å². The molecule has 0 aliphatic rings. The van der Waals surface area contributed by atoms with Crippen molar-refractivity contribution in [2.75, 3.05) is 5.32 Å². The number of ether oxygens (including phenoxy) is 1. The Morgan fingerprint density at radius 2 is 1.78 bits per heavy atom.